The third kappa shape index (κ3) is 5.24. The van der Waals surface area contributed by atoms with Gasteiger partial charge in [0.2, 0.25) is 10.0 Å². The molecule has 0 radical (unpaired) electrons. The number of ether oxygens (including phenoxy) is 1. The first-order chi connectivity index (χ1) is 13.8. The molecule has 3 rings (SSSR count). The van der Waals surface area contributed by atoms with Crippen molar-refractivity contribution in [2.75, 3.05) is 26.3 Å². The average molecular weight is 422 g/mol. The first kappa shape index (κ1) is 21.9. The van der Waals surface area contributed by atoms with Gasteiger partial charge in [0.05, 0.1) is 18.1 Å². The van der Waals surface area contributed by atoms with Crippen LogP contribution in [-0.2, 0) is 14.8 Å². The lowest BCUT2D eigenvalue weighted by molar-refractivity contribution is 0.0730. The normalized spacial score (nSPS) is 25.3. The van der Waals surface area contributed by atoms with Crippen LogP contribution in [0, 0.1) is 17.8 Å². The smallest absolute Gasteiger partial charge is 0.271 e. The van der Waals surface area contributed by atoms with Gasteiger partial charge in [0, 0.05) is 30.3 Å². The van der Waals surface area contributed by atoms with Crippen molar-refractivity contribution >= 4 is 21.6 Å². The van der Waals surface area contributed by atoms with Gasteiger partial charge in [0.25, 0.3) is 5.91 Å². The molecule has 160 valence electrons. The number of benzene rings is 1. The Morgan fingerprint density at radius 2 is 1.97 bits per heavy atom. The third-order valence-electron chi connectivity index (χ3n) is 5.77. The minimum absolute atomic E-state index is 0.117. The fraction of sp³-hybridized carbons (Fsp3) is 0.619. The van der Waals surface area contributed by atoms with E-state index in [1.165, 1.54) is 22.9 Å². The van der Waals surface area contributed by atoms with E-state index in [-0.39, 0.29) is 10.5 Å². The molecule has 7 nitrogen and oxygen atoms in total. The largest absolute Gasteiger partial charge is 0.379 e. The van der Waals surface area contributed by atoms with Gasteiger partial charge < -0.3 is 4.74 Å². The van der Waals surface area contributed by atoms with Crippen molar-refractivity contribution in [2.45, 2.75) is 44.9 Å². The Bertz CT molecular complexity index is 860. The number of carbonyl (C=O) groups excluding carboxylic acids is 1. The Kier molecular flexibility index (Phi) is 7.08. The standard InChI is InChI=1S/C21H31N3O4S/c1-15(2)19-8-7-16(3)13-20(19)22-23-21(25)17-5-4-6-18(14-17)29(26,27)24-9-11-28-12-10-24/h4-6,14-16,19H,7-13H2,1-3H3,(H,23,25)/b22-20-/t16-,19-/m0/s1. The van der Waals surface area contributed by atoms with Crippen LogP contribution in [0.2, 0.25) is 0 Å². The molecule has 1 aliphatic heterocycles. The van der Waals surface area contributed by atoms with Crippen LogP contribution in [0.15, 0.2) is 34.3 Å². The zero-order chi connectivity index (χ0) is 21.0. The predicted octanol–water partition coefficient (Wildman–Crippen LogP) is 2.89. The SMILES string of the molecule is CC(C)[C@@H]1CC[C@H](C)C/C1=N/NC(=O)c1cccc(S(=O)(=O)N2CCOCC2)c1. The molecule has 0 unspecified atom stereocenters. The van der Waals surface area contributed by atoms with E-state index in [2.05, 4.69) is 31.3 Å². The number of nitrogens with one attached hydrogen (secondary N) is 1. The summed E-state index contributed by atoms with van der Waals surface area (Å²) in [4.78, 5) is 12.8. The van der Waals surface area contributed by atoms with Crippen LogP contribution < -0.4 is 5.43 Å². The van der Waals surface area contributed by atoms with Gasteiger partial charge in [-0.25, -0.2) is 13.8 Å². The quantitative estimate of drug-likeness (QED) is 0.741. The summed E-state index contributed by atoms with van der Waals surface area (Å²) in [6.07, 6.45) is 3.15. The van der Waals surface area contributed by atoms with E-state index in [4.69, 9.17) is 4.74 Å². The van der Waals surface area contributed by atoms with Crippen molar-refractivity contribution in [2.24, 2.45) is 22.9 Å². The van der Waals surface area contributed by atoms with Gasteiger partial charge in [0.1, 0.15) is 0 Å². The molecule has 8 heteroatoms. The van der Waals surface area contributed by atoms with E-state index >= 15 is 0 Å². The molecule has 1 aliphatic carbocycles. The maximum absolute atomic E-state index is 12.8. The molecule has 1 saturated heterocycles. The van der Waals surface area contributed by atoms with Crippen LogP contribution in [-0.4, -0.2) is 50.6 Å². The molecule has 0 spiro atoms. The maximum atomic E-state index is 12.8. The van der Waals surface area contributed by atoms with Crippen LogP contribution in [0.4, 0.5) is 0 Å². The van der Waals surface area contributed by atoms with Crippen LogP contribution in [0.5, 0.6) is 0 Å². The number of hydrazone groups is 1. The number of carbonyl (C=O) groups is 1. The van der Waals surface area contributed by atoms with E-state index in [1.54, 1.807) is 12.1 Å². The number of hydrogen-bond donors (Lipinski definition) is 1. The second kappa shape index (κ2) is 9.36. The first-order valence-electron chi connectivity index (χ1n) is 10.3. The number of nitrogens with zero attached hydrogens (tertiary/aromatic N) is 2. The second-order valence-corrected chi connectivity index (χ2v) is 10.3. The van der Waals surface area contributed by atoms with Crippen LogP contribution >= 0.6 is 0 Å². The fourth-order valence-electron chi connectivity index (χ4n) is 4.01. The lowest BCUT2D eigenvalue weighted by Crippen LogP contribution is -2.40. The highest BCUT2D eigenvalue weighted by molar-refractivity contribution is 7.89. The van der Waals surface area contributed by atoms with Gasteiger partial charge in [-0.3, -0.25) is 4.79 Å². The predicted molar refractivity (Wildman–Crippen MR) is 112 cm³/mol. The minimum atomic E-state index is -3.64. The number of morpholine rings is 1. The van der Waals surface area contributed by atoms with Crippen molar-refractivity contribution in [1.82, 2.24) is 9.73 Å². The van der Waals surface area contributed by atoms with E-state index in [0.29, 0.717) is 44.1 Å². The minimum Gasteiger partial charge on any atom is -0.379 e. The van der Waals surface area contributed by atoms with Crippen LogP contribution in [0.3, 0.4) is 0 Å². The maximum Gasteiger partial charge on any atom is 0.271 e. The Labute approximate surface area is 173 Å². The molecule has 0 aromatic heterocycles. The topological polar surface area (TPSA) is 88.1 Å². The summed E-state index contributed by atoms with van der Waals surface area (Å²) in [5.74, 6) is 1.01. The molecule has 1 saturated carbocycles. The van der Waals surface area contributed by atoms with Crippen molar-refractivity contribution < 1.29 is 17.9 Å². The monoisotopic (exact) mass is 421 g/mol. The molecule has 2 aliphatic rings. The van der Waals surface area contributed by atoms with E-state index < -0.39 is 15.9 Å². The average Bonchev–Trinajstić information content (AvgIpc) is 2.72. The zero-order valence-corrected chi connectivity index (χ0v) is 18.2. The molecule has 1 N–H and O–H groups in total. The van der Waals surface area contributed by atoms with Crippen molar-refractivity contribution in [1.29, 1.82) is 0 Å². The van der Waals surface area contributed by atoms with Gasteiger partial charge in [-0.1, -0.05) is 26.8 Å². The summed E-state index contributed by atoms with van der Waals surface area (Å²) in [7, 11) is -3.64. The molecule has 29 heavy (non-hydrogen) atoms. The number of sulfonamides is 1. The van der Waals surface area contributed by atoms with Crippen molar-refractivity contribution in [3.63, 3.8) is 0 Å². The Hall–Kier alpha value is -1.77. The number of amides is 1. The van der Waals surface area contributed by atoms with Crippen molar-refractivity contribution in [3.05, 3.63) is 29.8 Å². The highest BCUT2D eigenvalue weighted by Gasteiger charge is 2.28. The number of rotatable bonds is 5. The second-order valence-electron chi connectivity index (χ2n) is 8.33. The summed E-state index contributed by atoms with van der Waals surface area (Å²) >= 11 is 0. The Morgan fingerprint density at radius 1 is 1.24 bits per heavy atom. The van der Waals surface area contributed by atoms with Crippen LogP contribution in [0.1, 0.15) is 50.4 Å². The molecule has 2 fully saturated rings. The lowest BCUT2D eigenvalue weighted by atomic mass is 9.76. The Balaban J connectivity index is 1.75. The molecule has 2 atom stereocenters. The molecule has 1 amide bonds. The van der Waals surface area contributed by atoms with Gasteiger partial charge in [-0.2, -0.15) is 9.41 Å². The zero-order valence-electron chi connectivity index (χ0n) is 17.4. The highest BCUT2D eigenvalue weighted by Crippen LogP contribution is 2.31. The van der Waals surface area contributed by atoms with Crippen LogP contribution in [0.25, 0.3) is 0 Å². The fourth-order valence-corrected chi connectivity index (χ4v) is 5.46. The highest BCUT2D eigenvalue weighted by atomic mass is 32.2. The number of hydrogen-bond acceptors (Lipinski definition) is 5. The van der Waals surface area contributed by atoms with Gasteiger partial charge in [-0.15, -0.1) is 0 Å². The van der Waals surface area contributed by atoms with Gasteiger partial charge in [-0.05, 0) is 49.3 Å². The van der Waals surface area contributed by atoms with E-state index in [1.807, 2.05) is 0 Å². The molecule has 1 heterocycles. The lowest BCUT2D eigenvalue weighted by Gasteiger charge is -2.30. The molecule has 1 aromatic carbocycles. The Morgan fingerprint density at radius 3 is 2.66 bits per heavy atom. The van der Waals surface area contributed by atoms with Gasteiger partial charge >= 0.3 is 0 Å². The molecular formula is C21H31N3O4S. The molecular weight excluding hydrogens is 390 g/mol. The molecule has 0 bridgehead atoms. The summed E-state index contributed by atoms with van der Waals surface area (Å²) in [5, 5.41) is 4.44. The van der Waals surface area contributed by atoms with E-state index in [9.17, 15) is 13.2 Å². The third-order valence-corrected chi connectivity index (χ3v) is 7.66. The van der Waals surface area contributed by atoms with Gasteiger partial charge in [0.15, 0.2) is 0 Å². The first-order valence-corrected chi connectivity index (χ1v) is 11.8. The van der Waals surface area contributed by atoms with E-state index in [0.717, 1.165) is 18.6 Å². The summed E-state index contributed by atoms with van der Waals surface area (Å²) in [6, 6.07) is 6.14. The summed E-state index contributed by atoms with van der Waals surface area (Å²) < 4.78 is 32.3. The summed E-state index contributed by atoms with van der Waals surface area (Å²) in [6.45, 7) is 7.96. The molecule has 1 aromatic rings. The van der Waals surface area contributed by atoms with Crippen molar-refractivity contribution in [3.8, 4) is 0 Å². The summed E-state index contributed by atoms with van der Waals surface area (Å²) in [5.41, 5.74) is 3.97.